The summed E-state index contributed by atoms with van der Waals surface area (Å²) < 4.78 is 0. The molecule has 1 rings (SSSR count). The Morgan fingerprint density at radius 2 is 1.75 bits per heavy atom. The first-order valence-corrected chi connectivity index (χ1v) is 7.38. The van der Waals surface area contributed by atoms with Gasteiger partial charge in [0, 0.05) is 17.8 Å². The summed E-state index contributed by atoms with van der Waals surface area (Å²) >= 11 is 0. The van der Waals surface area contributed by atoms with Crippen molar-refractivity contribution >= 4 is 24.8 Å². The van der Waals surface area contributed by atoms with Crippen molar-refractivity contribution in [3.8, 4) is 0 Å². The SMILES string of the molecule is CBC(=O)C(C)(C)C(C)(C)N1C(=O)CC(C(C)C)C1=O. The van der Waals surface area contributed by atoms with Crippen LogP contribution in [0.1, 0.15) is 48.0 Å². The van der Waals surface area contributed by atoms with E-state index in [-0.39, 0.29) is 35.8 Å². The van der Waals surface area contributed by atoms with Crippen molar-refractivity contribution in [2.75, 3.05) is 0 Å². The van der Waals surface area contributed by atoms with E-state index in [0.717, 1.165) is 0 Å². The average molecular weight is 279 g/mol. The fourth-order valence-corrected chi connectivity index (χ4v) is 2.83. The predicted octanol–water partition coefficient (Wildman–Crippen LogP) is 1.83. The summed E-state index contributed by atoms with van der Waals surface area (Å²) in [6.07, 6.45) is 0.260. The highest BCUT2D eigenvalue weighted by Crippen LogP contribution is 2.41. The highest BCUT2D eigenvalue weighted by atomic mass is 16.2. The summed E-state index contributed by atoms with van der Waals surface area (Å²) in [6.45, 7) is 13.0. The molecule has 5 heteroatoms. The topological polar surface area (TPSA) is 54.5 Å². The lowest BCUT2D eigenvalue weighted by Crippen LogP contribution is -2.60. The summed E-state index contributed by atoms with van der Waals surface area (Å²) in [5, 5.41) is 0. The molecule has 1 heterocycles. The number of hydrogen-bond acceptors (Lipinski definition) is 3. The van der Waals surface area contributed by atoms with E-state index in [4.69, 9.17) is 0 Å². The minimum absolute atomic E-state index is 0.0658. The summed E-state index contributed by atoms with van der Waals surface area (Å²) in [5.41, 5.74) is -1.49. The van der Waals surface area contributed by atoms with Gasteiger partial charge in [0.05, 0.1) is 11.2 Å². The standard InChI is InChI=1S/C15H26BNO3/c1-9(2)10-8-11(18)17(12(10)19)15(5,6)14(3,4)13(20)16-7/h9-10,16H,8H2,1-7H3. The molecule has 1 fully saturated rings. The molecule has 112 valence electrons. The van der Waals surface area contributed by atoms with Crippen LogP contribution in [0.5, 0.6) is 0 Å². The van der Waals surface area contributed by atoms with E-state index in [0.29, 0.717) is 7.28 Å². The second-order valence-electron chi connectivity index (χ2n) is 7.08. The second-order valence-corrected chi connectivity index (χ2v) is 7.08. The van der Waals surface area contributed by atoms with Gasteiger partial charge in [-0.1, -0.05) is 34.5 Å². The highest BCUT2D eigenvalue weighted by Gasteiger charge is 2.54. The maximum absolute atomic E-state index is 12.6. The Balaban J connectivity index is 3.19. The van der Waals surface area contributed by atoms with Gasteiger partial charge in [0.1, 0.15) is 0 Å². The zero-order valence-electron chi connectivity index (χ0n) is 13.7. The number of likely N-dealkylation sites (tertiary alicyclic amines) is 1. The summed E-state index contributed by atoms with van der Waals surface area (Å²) in [7, 11) is 0.403. The first kappa shape index (κ1) is 16.9. The molecule has 0 N–H and O–H groups in total. The second kappa shape index (κ2) is 5.34. The molecular weight excluding hydrogens is 253 g/mol. The van der Waals surface area contributed by atoms with Crippen molar-refractivity contribution in [1.29, 1.82) is 0 Å². The minimum atomic E-state index is -0.808. The van der Waals surface area contributed by atoms with E-state index in [1.807, 2.05) is 48.4 Å². The molecule has 1 atom stereocenters. The van der Waals surface area contributed by atoms with Gasteiger partial charge < -0.3 is 4.79 Å². The first-order valence-electron chi connectivity index (χ1n) is 7.38. The Hall–Kier alpha value is -1.13. The average Bonchev–Trinajstić information content (AvgIpc) is 2.63. The van der Waals surface area contributed by atoms with Gasteiger partial charge in [-0.15, -0.1) is 0 Å². The van der Waals surface area contributed by atoms with Crippen molar-refractivity contribution in [3.05, 3.63) is 0 Å². The zero-order valence-corrected chi connectivity index (χ0v) is 13.7. The molecule has 1 aliphatic rings. The molecule has 1 aliphatic heterocycles. The summed E-state index contributed by atoms with van der Waals surface area (Å²) in [5.74, 6) is -0.408. The number of imide groups is 1. The fourth-order valence-electron chi connectivity index (χ4n) is 2.83. The Labute approximate surface area is 122 Å². The van der Waals surface area contributed by atoms with Crippen LogP contribution < -0.4 is 0 Å². The lowest BCUT2D eigenvalue weighted by Gasteiger charge is -2.46. The molecule has 0 aromatic carbocycles. The normalized spacial score (nSPS) is 20.8. The predicted molar refractivity (Wildman–Crippen MR) is 80.7 cm³/mol. The molecule has 0 spiro atoms. The minimum Gasteiger partial charge on any atom is -0.311 e. The van der Waals surface area contributed by atoms with Gasteiger partial charge >= 0.3 is 0 Å². The number of rotatable bonds is 5. The number of amides is 2. The quantitative estimate of drug-likeness (QED) is 0.570. The van der Waals surface area contributed by atoms with Crippen LogP contribution in [0.25, 0.3) is 0 Å². The van der Waals surface area contributed by atoms with Gasteiger partial charge in [-0.3, -0.25) is 14.5 Å². The van der Waals surface area contributed by atoms with E-state index in [1.165, 1.54) is 4.90 Å². The summed E-state index contributed by atoms with van der Waals surface area (Å²) in [4.78, 5) is 38.4. The Kier molecular flexibility index (Phi) is 4.52. The molecule has 0 aromatic heterocycles. The maximum atomic E-state index is 12.6. The number of nitrogens with zero attached hydrogens (tertiary/aromatic N) is 1. The largest absolute Gasteiger partial charge is 0.311 e. The van der Waals surface area contributed by atoms with Crippen molar-refractivity contribution in [3.63, 3.8) is 0 Å². The number of hydrogen-bond donors (Lipinski definition) is 0. The van der Waals surface area contributed by atoms with Crippen molar-refractivity contribution in [2.45, 2.75) is 60.3 Å². The Morgan fingerprint density at radius 1 is 1.25 bits per heavy atom. The monoisotopic (exact) mass is 279 g/mol. The van der Waals surface area contributed by atoms with E-state index < -0.39 is 11.0 Å². The van der Waals surface area contributed by atoms with Crippen LogP contribution in [0.2, 0.25) is 6.82 Å². The van der Waals surface area contributed by atoms with Crippen LogP contribution in [0.4, 0.5) is 0 Å². The van der Waals surface area contributed by atoms with Crippen LogP contribution in [-0.2, 0) is 14.4 Å². The fraction of sp³-hybridized carbons (Fsp3) is 0.800. The number of carbonyl (C=O) groups is 3. The summed E-state index contributed by atoms with van der Waals surface area (Å²) in [6, 6.07) is 0. The molecule has 0 aromatic rings. The van der Waals surface area contributed by atoms with Crippen molar-refractivity contribution < 1.29 is 14.4 Å². The zero-order chi connectivity index (χ0) is 15.9. The van der Waals surface area contributed by atoms with Gasteiger partial charge in [0.15, 0.2) is 0 Å². The van der Waals surface area contributed by atoms with Crippen LogP contribution in [0.3, 0.4) is 0 Å². The molecule has 0 bridgehead atoms. The van der Waals surface area contributed by atoms with E-state index >= 15 is 0 Å². The molecule has 0 aliphatic carbocycles. The van der Waals surface area contributed by atoms with Crippen LogP contribution >= 0.6 is 0 Å². The third-order valence-electron chi connectivity index (χ3n) is 5.09. The van der Waals surface area contributed by atoms with Gasteiger partial charge in [-0.05, 0) is 19.8 Å². The molecule has 1 unspecified atom stereocenters. The van der Waals surface area contributed by atoms with Gasteiger partial charge in [0.25, 0.3) is 0 Å². The van der Waals surface area contributed by atoms with Crippen LogP contribution in [-0.4, -0.2) is 35.2 Å². The molecule has 0 radical (unpaired) electrons. The molecule has 2 amide bonds. The first-order chi connectivity index (χ1) is 8.98. The third kappa shape index (κ3) is 2.43. The van der Waals surface area contributed by atoms with Crippen LogP contribution in [0, 0.1) is 17.3 Å². The molecule has 4 nitrogen and oxygen atoms in total. The van der Waals surface area contributed by atoms with E-state index in [2.05, 4.69) is 0 Å². The molecular formula is C15H26BNO3. The number of carbonyl (C=O) groups excluding carboxylic acids is 3. The Morgan fingerprint density at radius 3 is 2.10 bits per heavy atom. The molecule has 0 saturated carbocycles. The van der Waals surface area contributed by atoms with Gasteiger partial charge in [-0.2, -0.15) is 0 Å². The Bertz CT molecular complexity index is 440. The van der Waals surface area contributed by atoms with Crippen molar-refractivity contribution in [2.24, 2.45) is 17.3 Å². The third-order valence-corrected chi connectivity index (χ3v) is 5.09. The van der Waals surface area contributed by atoms with Crippen molar-refractivity contribution in [1.82, 2.24) is 4.90 Å². The van der Waals surface area contributed by atoms with Crippen LogP contribution in [0.15, 0.2) is 0 Å². The van der Waals surface area contributed by atoms with E-state index in [1.54, 1.807) is 0 Å². The van der Waals surface area contributed by atoms with Gasteiger partial charge in [-0.25, -0.2) is 0 Å². The van der Waals surface area contributed by atoms with Gasteiger partial charge in [0.2, 0.25) is 19.1 Å². The maximum Gasteiger partial charge on any atom is 0.233 e. The lowest BCUT2D eigenvalue weighted by molar-refractivity contribution is -0.152. The van der Waals surface area contributed by atoms with E-state index in [9.17, 15) is 14.4 Å². The molecule has 20 heavy (non-hydrogen) atoms. The lowest BCUT2D eigenvalue weighted by atomic mass is 9.57. The molecule has 1 saturated heterocycles. The highest BCUT2D eigenvalue weighted by molar-refractivity contribution is 6.73. The smallest absolute Gasteiger partial charge is 0.233 e.